The van der Waals surface area contributed by atoms with Crippen molar-refractivity contribution >= 4 is 39.4 Å². The van der Waals surface area contributed by atoms with Crippen LogP contribution in [0.15, 0.2) is 16.6 Å². The molecule has 2 amide bonds. The minimum Gasteiger partial charge on any atom is -0.459 e. The van der Waals surface area contributed by atoms with Gasteiger partial charge in [-0.1, -0.05) is 0 Å². The maximum absolute atomic E-state index is 13.3. The summed E-state index contributed by atoms with van der Waals surface area (Å²) < 4.78 is 31.1. The number of esters is 1. The highest BCUT2D eigenvalue weighted by atomic mass is 79.9. The number of carbonyl (C=O) groups excluding carboxylic acids is 3. The number of halogens is 3. The molecule has 0 saturated carbocycles. The van der Waals surface area contributed by atoms with E-state index < -0.39 is 35.3 Å². The van der Waals surface area contributed by atoms with Gasteiger partial charge in [0, 0.05) is 24.8 Å². The summed E-state index contributed by atoms with van der Waals surface area (Å²) in [6.45, 7) is 1.99. The quantitative estimate of drug-likeness (QED) is 0.475. The van der Waals surface area contributed by atoms with E-state index in [0.29, 0.717) is 6.42 Å². The van der Waals surface area contributed by atoms with Crippen molar-refractivity contribution in [2.24, 2.45) is 5.92 Å². The third kappa shape index (κ3) is 4.08. The van der Waals surface area contributed by atoms with E-state index in [1.54, 1.807) is 6.92 Å². The van der Waals surface area contributed by atoms with Crippen LogP contribution >= 0.6 is 15.9 Å². The van der Waals surface area contributed by atoms with Gasteiger partial charge in [-0.05, 0) is 35.3 Å². The van der Waals surface area contributed by atoms with Gasteiger partial charge in [-0.3, -0.25) is 9.59 Å². The normalized spacial score (nSPS) is 16.8. The topological polar surface area (TPSA) is 75.7 Å². The molecule has 1 saturated heterocycles. The Morgan fingerprint density at radius 1 is 1.38 bits per heavy atom. The summed E-state index contributed by atoms with van der Waals surface area (Å²) in [6, 6.07) is 2.11. The Kier molecular flexibility index (Phi) is 5.87. The fraction of sp³-hybridized carbons (Fsp3) is 0.400. The average Bonchev–Trinajstić information content (AvgIpc) is 3.02. The van der Waals surface area contributed by atoms with Crippen LogP contribution in [-0.2, 0) is 19.1 Å². The van der Waals surface area contributed by atoms with E-state index >= 15 is 0 Å². The van der Waals surface area contributed by atoms with Gasteiger partial charge in [0.2, 0.25) is 5.91 Å². The summed E-state index contributed by atoms with van der Waals surface area (Å²) in [5.41, 5.74) is 0.0981. The first kappa shape index (κ1) is 18.3. The van der Waals surface area contributed by atoms with Gasteiger partial charge in [0.25, 0.3) is 0 Å². The Morgan fingerprint density at radius 2 is 2.08 bits per heavy atom. The second-order valence-corrected chi connectivity index (χ2v) is 6.05. The molecule has 0 radical (unpaired) electrons. The molecule has 1 aliphatic heterocycles. The fourth-order valence-electron chi connectivity index (χ4n) is 2.35. The second-order valence-electron chi connectivity index (χ2n) is 5.20. The van der Waals surface area contributed by atoms with E-state index in [1.807, 2.05) is 0 Å². The number of ether oxygens (including phenoxy) is 1. The zero-order valence-electron chi connectivity index (χ0n) is 12.8. The monoisotopic (exact) mass is 404 g/mol. The summed E-state index contributed by atoms with van der Waals surface area (Å²) in [5, 5.41) is 2.48. The standard InChI is InChI=1S/C15H15BrF2N2O4/c1-2-24-15(23)14(22)20-4-3-8(7-20)13(21)19-9-5-10(16)12(18)11(17)6-9/h5-6,8H,2-4,7H2,1H3,(H,19,21)/t8-/m0/s1. The van der Waals surface area contributed by atoms with E-state index in [2.05, 4.69) is 26.0 Å². The van der Waals surface area contributed by atoms with Crippen LogP contribution in [0.5, 0.6) is 0 Å². The third-order valence-electron chi connectivity index (χ3n) is 3.55. The Labute approximate surface area is 145 Å². The summed E-state index contributed by atoms with van der Waals surface area (Å²) in [7, 11) is 0. The molecule has 2 rings (SSSR count). The zero-order chi connectivity index (χ0) is 17.9. The van der Waals surface area contributed by atoms with Gasteiger partial charge in [-0.25, -0.2) is 13.6 Å². The van der Waals surface area contributed by atoms with Gasteiger partial charge in [0.15, 0.2) is 11.6 Å². The predicted octanol–water partition coefficient (Wildman–Crippen LogP) is 2.08. The average molecular weight is 405 g/mol. The van der Waals surface area contributed by atoms with Gasteiger partial charge in [0.05, 0.1) is 17.0 Å². The molecule has 0 aliphatic carbocycles. The number of benzene rings is 1. The first-order valence-electron chi connectivity index (χ1n) is 7.25. The molecule has 0 aromatic heterocycles. The molecule has 6 nitrogen and oxygen atoms in total. The maximum atomic E-state index is 13.3. The molecule has 1 heterocycles. The van der Waals surface area contributed by atoms with E-state index in [4.69, 9.17) is 0 Å². The minimum atomic E-state index is -1.09. The molecule has 9 heteroatoms. The van der Waals surface area contributed by atoms with Crippen molar-refractivity contribution in [3.8, 4) is 0 Å². The van der Waals surface area contributed by atoms with Crippen LogP contribution in [0.1, 0.15) is 13.3 Å². The fourth-order valence-corrected chi connectivity index (χ4v) is 2.79. The van der Waals surface area contributed by atoms with Crippen molar-refractivity contribution in [3.63, 3.8) is 0 Å². The summed E-state index contributed by atoms with van der Waals surface area (Å²) in [6.07, 6.45) is 0.363. The number of hydrogen-bond acceptors (Lipinski definition) is 4. The molecule has 0 spiro atoms. The van der Waals surface area contributed by atoms with E-state index in [9.17, 15) is 23.2 Å². The molecular weight excluding hydrogens is 390 g/mol. The number of likely N-dealkylation sites (tertiary alicyclic amines) is 1. The van der Waals surface area contributed by atoms with Crippen molar-refractivity contribution in [3.05, 3.63) is 28.2 Å². The molecule has 130 valence electrons. The Morgan fingerprint density at radius 3 is 2.71 bits per heavy atom. The highest BCUT2D eigenvalue weighted by Gasteiger charge is 2.34. The van der Waals surface area contributed by atoms with Crippen LogP contribution in [0, 0.1) is 17.6 Å². The van der Waals surface area contributed by atoms with Crippen LogP contribution in [0.3, 0.4) is 0 Å². The smallest absolute Gasteiger partial charge is 0.397 e. The Bertz CT molecular complexity index is 660. The number of rotatable bonds is 3. The van der Waals surface area contributed by atoms with E-state index in [-0.39, 0.29) is 29.9 Å². The molecule has 24 heavy (non-hydrogen) atoms. The molecule has 0 bridgehead atoms. The molecule has 1 aliphatic rings. The first-order chi connectivity index (χ1) is 11.3. The molecule has 1 atom stereocenters. The highest BCUT2D eigenvalue weighted by Crippen LogP contribution is 2.25. The Balaban J connectivity index is 1.97. The molecular formula is C15H15BrF2N2O4. The van der Waals surface area contributed by atoms with E-state index in [1.165, 1.54) is 11.0 Å². The third-order valence-corrected chi connectivity index (χ3v) is 4.12. The van der Waals surface area contributed by atoms with Gasteiger partial charge < -0.3 is 15.0 Å². The molecule has 1 aromatic rings. The lowest BCUT2D eigenvalue weighted by Crippen LogP contribution is -2.37. The maximum Gasteiger partial charge on any atom is 0.397 e. The number of anilines is 1. The van der Waals surface area contributed by atoms with Crippen molar-refractivity contribution < 1.29 is 27.9 Å². The number of nitrogens with zero attached hydrogens (tertiary/aromatic N) is 1. The molecule has 1 N–H and O–H groups in total. The van der Waals surface area contributed by atoms with Crippen LogP contribution in [0.25, 0.3) is 0 Å². The number of carbonyl (C=O) groups is 3. The second kappa shape index (κ2) is 7.69. The van der Waals surface area contributed by atoms with Gasteiger partial charge in [-0.15, -0.1) is 0 Å². The lowest BCUT2D eigenvalue weighted by atomic mass is 10.1. The van der Waals surface area contributed by atoms with E-state index in [0.717, 1.165) is 6.07 Å². The lowest BCUT2D eigenvalue weighted by molar-refractivity contribution is -0.159. The summed E-state index contributed by atoms with van der Waals surface area (Å²) in [5.74, 6) is -4.86. The lowest BCUT2D eigenvalue weighted by Gasteiger charge is -2.15. The molecule has 0 unspecified atom stereocenters. The van der Waals surface area contributed by atoms with Crippen LogP contribution in [0.4, 0.5) is 14.5 Å². The predicted molar refractivity (Wildman–Crippen MR) is 84.0 cm³/mol. The SMILES string of the molecule is CCOC(=O)C(=O)N1CC[C@H](C(=O)Nc2cc(F)c(F)c(Br)c2)C1. The first-order valence-corrected chi connectivity index (χ1v) is 8.04. The number of nitrogens with one attached hydrogen (secondary N) is 1. The summed E-state index contributed by atoms with van der Waals surface area (Å²) in [4.78, 5) is 36.6. The van der Waals surface area contributed by atoms with Crippen molar-refractivity contribution in [1.82, 2.24) is 4.90 Å². The van der Waals surface area contributed by atoms with Crippen LogP contribution in [-0.4, -0.2) is 42.4 Å². The molecule has 1 fully saturated rings. The zero-order valence-corrected chi connectivity index (χ0v) is 14.4. The number of hydrogen-bond donors (Lipinski definition) is 1. The van der Waals surface area contributed by atoms with Crippen LogP contribution < -0.4 is 5.32 Å². The number of amides is 2. The Hall–Kier alpha value is -2.03. The van der Waals surface area contributed by atoms with Crippen molar-refractivity contribution in [2.45, 2.75) is 13.3 Å². The van der Waals surface area contributed by atoms with Crippen LogP contribution in [0.2, 0.25) is 0 Å². The molecule has 1 aromatic carbocycles. The minimum absolute atomic E-state index is 0.0638. The van der Waals surface area contributed by atoms with Crippen molar-refractivity contribution in [2.75, 3.05) is 25.0 Å². The summed E-state index contributed by atoms with van der Waals surface area (Å²) >= 11 is 2.86. The van der Waals surface area contributed by atoms with Crippen molar-refractivity contribution in [1.29, 1.82) is 0 Å². The highest BCUT2D eigenvalue weighted by molar-refractivity contribution is 9.10. The van der Waals surface area contributed by atoms with Gasteiger partial charge in [-0.2, -0.15) is 0 Å². The van der Waals surface area contributed by atoms with Gasteiger partial charge >= 0.3 is 11.9 Å². The largest absolute Gasteiger partial charge is 0.459 e. The van der Waals surface area contributed by atoms with Gasteiger partial charge in [0.1, 0.15) is 0 Å².